The minimum Gasteiger partial charge on any atom is -0.493 e. The van der Waals surface area contributed by atoms with Gasteiger partial charge in [0.05, 0.1) is 6.61 Å². The molecule has 5 aliphatic rings. The Hall–Kier alpha value is -2.64. The molecule has 1 amide bonds. The monoisotopic (exact) mass is 531 g/mol. The van der Waals surface area contributed by atoms with Crippen molar-refractivity contribution in [3.8, 4) is 5.75 Å². The number of piperidine rings is 1. The summed E-state index contributed by atoms with van der Waals surface area (Å²) in [4.78, 5) is 24.9. The van der Waals surface area contributed by atoms with E-state index in [1.54, 1.807) is 0 Å². The van der Waals surface area contributed by atoms with Gasteiger partial charge in [0.2, 0.25) is 5.91 Å². The first-order valence-corrected chi connectivity index (χ1v) is 15.3. The molecule has 2 unspecified atom stereocenters. The molecule has 2 aliphatic carbocycles. The smallest absolute Gasteiger partial charge is 0.226 e. The third kappa shape index (κ3) is 6.58. The van der Waals surface area contributed by atoms with Crippen molar-refractivity contribution in [3.63, 3.8) is 0 Å². The Labute approximate surface area is 234 Å². The Morgan fingerprint density at radius 1 is 0.974 bits per heavy atom. The van der Waals surface area contributed by atoms with E-state index in [2.05, 4.69) is 68.5 Å². The number of carbonyl (C=O) groups excluding carboxylic acids is 1. The summed E-state index contributed by atoms with van der Waals surface area (Å²) in [6.07, 6.45) is 15.3. The highest BCUT2D eigenvalue weighted by Crippen LogP contribution is 2.33. The maximum atomic E-state index is 13.1. The third-order valence-electron chi connectivity index (χ3n) is 9.36. The Balaban J connectivity index is 0.919. The summed E-state index contributed by atoms with van der Waals surface area (Å²) in [5.74, 6) is 2.07. The number of hydrogen-bond acceptors (Lipinski definition) is 6. The summed E-state index contributed by atoms with van der Waals surface area (Å²) in [6, 6.07) is 9.41. The predicted octanol–water partition coefficient (Wildman–Crippen LogP) is 4.52. The summed E-state index contributed by atoms with van der Waals surface area (Å²) < 4.78 is 6.19. The molecule has 39 heavy (non-hydrogen) atoms. The van der Waals surface area contributed by atoms with Crippen molar-refractivity contribution in [2.75, 3.05) is 45.9 Å². The molecule has 3 fully saturated rings. The minimum absolute atomic E-state index is 0.0832. The summed E-state index contributed by atoms with van der Waals surface area (Å²) in [5.41, 5.74) is 3.89. The number of aliphatic imine (C=N–C) groups is 1. The van der Waals surface area contributed by atoms with Crippen LogP contribution < -0.4 is 10.1 Å². The molecule has 1 N–H and O–H groups in total. The molecule has 0 spiro atoms. The van der Waals surface area contributed by atoms with Crippen LogP contribution in [0.2, 0.25) is 0 Å². The van der Waals surface area contributed by atoms with Crippen LogP contribution in [0, 0.1) is 11.8 Å². The highest BCUT2D eigenvalue weighted by molar-refractivity contribution is 5.81. The van der Waals surface area contributed by atoms with Crippen molar-refractivity contribution < 1.29 is 9.53 Å². The van der Waals surface area contributed by atoms with Crippen LogP contribution in [0.1, 0.15) is 63.9 Å². The average Bonchev–Trinajstić information content (AvgIpc) is 3.86. The van der Waals surface area contributed by atoms with Gasteiger partial charge in [0, 0.05) is 63.6 Å². The van der Waals surface area contributed by atoms with Gasteiger partial charge in [-0.05, 0) is 86.1 Å². The zero-order valence-corrected chi connectivity index (χ0v) is 23.6. The number of piperazine rings is 1. The lowest BCUT2D eigenvalue weighted by Gasteiger charge is -2.37. The van der Waals surface area contributed by atoms with E-state index in [1.165, 1.54) is 29.6 Å². The van der Waals surface area contributed by atoms with Crippen molar-refractivity contribution in [2.45, 2.75) is 70.6 Å². The highest BCUT2D eigenvalue weighted by atomic mass is 16.5. The molecule has 3 heterocycles. The molecule has 6 rings (SSSR count). The molecule has 7 heteroatoms. The maximum absolute atomic E-state index is 13.1. The predicted molar refractivity (Wildman–Crippen MR) is 157 cm³/mol. The fraction of sp³-hybridized carbons (Fsp3) is 0.625. The van der Waals surface area contributed by atoms with Gasteiger partial charge >= 0.3 is 0 Å². The van der Waals surface area contributed by atoms with Gasteiger partial charge in [-0.15, -0.1) is 0 Å². The number of carbonyl (C=O) groups is 1. The van der Waals surface area contributed by atoms with Crippen molar-refractivity contribution >= 4 is 17.7 Å². The zero-order valence-electron chi connectivity index (χ0n) is 23.6. The number of nitrogens with zero attached hydrogens (tertiary/aromatic N) is 4. The largest absolute Gasteiger partial charge is 0.493 e. The molecular weight excluding hydrogens is 486 g/mol. The Kier molecular flexibility index (Phi) is 8.35. The normalized spacial score (nSPS) is 27.1. The molecule has 210 valence electrons. The number of rotatable bonds is 8. The lowest BCUT2D eigenvalue weighted by Crippen LogP contribution is -2.51. The zero-order chi connectivity index (χ0) is 26.6. The van der Waals surface area contributed by atoms with E-state index in [4.69, 9.17) is 4.74 Å². The van der Waals surface area contributed by atoms with Gasteiger partial charge in [-0.25, -0.2) is 0 Å². The minimum atomic E-state index is 0.0832. The van der Waals surface area contributed by atoms with E-state index >= 15 is 0 Å². The van der Waals surface area contributed by atoms with Crippen molar-refractivity contribution in [1.29, 1.82) is 0 Å². The standard InChI is InChI=1S/C32H45N5O2/c1-2-24-21-33-32(34-22-24)37-15-13-25(14-16-37)23-39-30-11-7-27(8-12-30)26-3-5-28(6-4-26)31(38)36-19-17-35(18-20-36)29-9-10-29/h3,7-8,11-12,21-22,25,28-29,32-33H,2,4-6,9-10,13-20,23H2,1H3. The number of amides is 1. The molecule has 1 aromatic carbocycles. The average molecular weight is 532 g/mol. The van der Waals surface area contributed by atoms with Gasteiger partial charge in [0.1, 0.15) is 5.75 Å². The Bertz CT molecular complexity index is 1080. The Morgan fingerprint density at radius 3 is 2.36 bits per heavy atom. The number of nitrogens with one attached hydrogen (secondary N) is 1. The second kappa shape index (κ2) is 12.3. The molecule has 7 nitrogen and oxygen atoms in total. The molecule has 2 saturated heterocycles. The van der Waals surface area contributed by atoms with E-state index in [0.29, 0.717) is 11.8 Å². The van der Waals surface area contributed by atoms with Crippen LogP contribution >= 0.6 is 0 Å². The van der Waals surface area contributed by atoms with Gasteiger partial charge in [-0.1, -0.05) is 25.1 Å². The number of likely N-dealkylation sites (tertiary alicyclic amines) is 1. The fourth-order valence-corrected chi connectivity index (χ4v) is 6.49. The van der Waals surface area contributed by atoms with Gasteiger partial charge in [0.25, 0.3) is 0 Å². The number of benzene rings is 1. The van der Waals surface area contributed by atoms with Gasteiger partial charge in [0.15, 0.2) is 6.29 Å². The topological polar surface area (TPSA) is 60.4 Å². The van der Waals surface area contributed by atoms with E-state index in [1.807, 2.05) is 6.21 Å². The first-order chi connectivity index (χ1) is 19.2. The quantitative estimate of drug-likeness (QED) is 0.535. The molecule has 0 radical (unpaired) electrons. The molecule has 1 aromatic rings. The van der Waals surface area contributed by atoms with Crippen LogP contribution in [0.4, 0.5) is 0 Å². The lowest BCUT2D eigenvalue weighted by molar-refractivity contribution is -0.137. The lowest BCUT2D eigenvalue weighted by atomic mass is 9.85. The van der Waals surface area contributed by atoms with E-state index < -0.39 is 0 Å². The van der Waals surface area contributed by atoms with Gasteiger partial charge < -0.3 is 15.0 Å². The van der Waals surface area contributed by atoms with Crippen LogP contribution in [0.15, 0.2) is 47.1 Å². The van der Waals surface area contributed by atoms with E-state index in [-0.39, 0.29) is 12.2 Å². The van der Waals surface area contributed by atoms with Gasteiger partial charge in [-0.2, -0.15) is 0 Å². The second-order valence-corrected chi connectivity index (χ2v) is 12.0. The summed E-state index contributed by atoms with van der Waals surface area (Å²) in [6.45, 7) is 8.96. The van der Waals surface area contributed by atoms with Crippen LogP contribution in [0.5, 0.6) is 5.75 Å². The summed E-state index contributed by atoms with van der Waals surface area (Å²) in [5, 5.41) is 3.43. The molecule has 0 bridgehead atoms. The van der Waals surface area contributed by atoms with Crippen LogP contribution in [-0.4, -0.2) is 85.0 Å². The summed E-state index contributed by atoms with van der Waals surface area (Å²) >= 11 is 0. The second-order valence-electron chi connectivity index (χ2n) is 12.0. The maximum Gasteiger partial charge on any atom is 0.226 e. The van der Waals surface area contributed by atoms with Crippen molar-refractivity contribution in [3.05, 3.63) is 47.7 Å². The number of allylic oxidation sites excluding steroid dienone is 3. The summed E-state index contributed by atoms with van der Waals surface area (Å²) in [7, 11) is 0. The van der Waals surface area contributed by atoms with Crippen molar-refractivity contribution in [1.82, 2.24) is 20.0 Å². The van der Waals surface area contributed by atoms with E-state index in [9.17, 15) is 4.79 Å². The van der Waals surface area contributed by atoms with Crippen LogP contribution in [-0.2, 0) is 4.79 Å². The van der Waals surface area contributed by atoms with Crippen LogP contribution in [0.25, 0.3) is 5.57 Å². The first kappa shape index (κ1) is 26.6. The molecule has 1 saturated carbocycles. The third-order valence-corrected chi connectivity index (χ3v) is 9.36. The first-order valence-electron chi connectivity index (χ1n) is 15.3. The molecular formula is C32H45N5O2. The number of ether oxygens (including phenoxy) is 1. The SMILES string of the molecule is CCC1=CNC(N2CCC(COc3ccc(C4=CCC(C(=O)N5CCN(C6CC6)CC5)CC4)cc3)CC2)N=C1. The molecule has 3 aliphatic heterocycles. The Morgan fingerprint density at radius 2 is 1.74 bits per heavy atom. The molecule has 0 aromatic heterocycles. The fourth-order valence-electron chi connectivity index (χ4n) is 6.49. The van der Waals surface area contributed by atoms with Gasteiger partial charge in [-0.3, -0.25) is 19.6 Å². The number of hydrogen-bond donors (Lipinski definition) is 1. The molecule has 2 atom stereocenters. The van der Waals surface area contributed by atoms with Crippen LogP contribution in [0.3, 0.4) is 0 Å². The highest BCUT2D eigenvalue weighted by Gasteiger charge is 2.34. The van der Waals surface area contributed by atoms with E-state index in [0.717, 1.165) is 96.2 Å². The van der Waals surface area contributed by atoms with Crippen molar-refractivity contribution in [2.24, 2.45) is 16.8 Å².